The molecule has 0 saturated carbocycles. The molecule has 0 aliphatic heterocycles. The average molecular weight is 334 g/mol. The normalized spacial score (nSPS) is 10.9. The van der Waals surface area contributed by atoms with Crippen LogP contribution in [0.1, 0.15) is 16.1 Å². The Morgan fingerprint density at radius 3 is 2.79 bits per heavy atom. The molecule has 4 rings (SSSR count). The third-order valence-corrected chi connectivity index (χ3v) is 4.43. The molecule has 0 saturated heterocycles. The van der Waals surface area contributed by atoms with E-state index in [0.717, 1.165) is 16.8 Å². The molecule has 1 aromatic carbocycles. The van der Waals surface area contributed by atoms with Gasteiger partial charge in [0.2, 0.25) is 0 Å². The van der Waals surface area contributed by atoms with Crippen LogP contribution >= 0.6 is 11.3 Å². The van der Waals surface area contributed by atoms with Crippen LogP contribution in [0.2, 0.25) is 0 Å². The molecular weight excluding hydrogens is 320 g/mol. The van der Waals surface area contributed by atoms with Crippen LogP contribution in [0.5, 0.6) is 0 Å². The molecule has 4 aromatic rings. The fourth-order valence-corrected chi connectivity index (χ4v) is 3.11. The molecule has 0 spiro atoms. The lowest BCUT2D eigenvalue weighted by molar-refractivity contribution is 0.102. The first kappa shape index (κ1) is 14.6. The molecule has 0 aliphatic carbocycles. The predicted molar refractivity (Wildman–Crippen MR) is 95.4 cm³/mol. The van der Waals surface area contributed by atoms with Gasteiger partial charge in [0.25, 0.3) is 5.91 Å². The number of benzene rings is 1. The van der Waals surface area contributed by atoms with E-state index in [1.54, 1.807) is 10.6 Å². The number of aryl methyl sites for hydroxylation is 1. The van der Waals surface area contributed by atoms with Crippen molar-refractivity contribution in [2.75, 3.05) is 5.32 Å². The minimum Gasteiger partial charge on any atom is -0.296 e. The Balaban J connectivity index is 1.54. The van der Waals surface area contributed by atoms with Crippen LogP contribution in [0.25, 0.3) is 16.8 Å². The largest absolute Gasteiger partial charge is 0.296 e. The topological polar surface area (TPSA) is 59.3 Å². The molecule has 118 valence electrons. The van der Waals surface area contributed by atoms with E-state index in [-0.39, 0.29) is 5.91 Å². The summed E-state index contributed by atoms with van der Waals surface area (Å²) in [4.78, 5) is 16.8. The first-order valence-corrected chi connectivity index (χ1v) is 8.35. The zero-order chi connectivity index (χ0) is 16.5. The molecular formula is C18H14N4OS. The molecule has 3 heterocycles. The second kappa shape index (κ2) is 5.90. The lowest BCUT2D eigenvalue weighted by atomic mass is 10.1. The highest BCUT2D eigenvalue weighted by Crippen LogP contribution is 2.25. The highest BCUT2D eigenvalue weighted by atomic mass is 32.1. The first-order chi connectivity index (χ1) is 11.7. The number of pyridine rings is 1. The van der Waals surface area contributed by atoms with Crippen molar-refractivity contribution in [2.24, 2.45) is 0 Å². The molecule has 0 aliphatic rings. The predicted octanol–water partition coefficient (Wildman–Crippen LogP) is 4.02. The zero-order valence-electron chi connectivity index (χ0n) is 12.9. The van der Waals surface area contributed by atoms with E-state index < -0.39 is 0 Å². The summed E-state index contributed by atoms with van der Waals surface area (Å²) >= 11 is 1.40. The first-order valence-electron chi connectivity index (χ1n) is 7.47. The molecule has 0 radical (unpaired) electrons. The summed E-state index contributed by atoms with van der Waals surface area (Å²) in [5.41, 5.74) is 4.33. The maximum absolute atomic E-state index is 12.4. The number of nitrogens with zero attached hydrogens (tertiary/aromatic N) is 3. The number of carbonyl (C=O) groups excluding carboxylic acids is 1. The van der Waals surface area contributed by atoms with E-state index >= 15 is 0 Å². The summed E-state index contributed by atoms with van der Waals surface area (Å²) in [6.45, 7) is 2.05. The van der Waals surface area contributed by atoms with Gasteiger partial charge in [0.1, 0.15) is 0 Å². The van der Waals surface area contributed by atoms with Gasteiger partial charge in [-0.3, -0.25) is 10.1 Å². The van der Waals surface area contributed by atoms with Crippen LogP contribution < -0.4 is 5.32 Å². The minimum absolute atomic E-state index is 0.261. The third-order valence-electron chi connectivity index (χ3n) is 3.67. The highest BCUT2D eigenvalue weighted by Gasteiger charge is 2.13. The maximum atomic E-state index is 12.4. The standard InChI is InChI=1S/C18H14N4OS/c1-12-5-7-13(8-6-12)16-11-24-18(19-16)20-17(23)15-10-14-4-2-3-9-22(14)21-15/h2-11H,1H3,(H,19,20,23). The number of thiazole rings is 1. The van der Waals surface area contributed by atoms with Gasteiger partial charge in [-0.05, 0) is 25.1 Å². The number of fused-ring (bicyclic) bond motifs is 1. The molecule has 5 nitrogen and oxygen atoms in total. The van der Waals surface area contributed by atoms with Gasteiger partial charge in [0.05, 0.1) is 11.2 Å². The van der Waals surface area contributed by atoms with Crippen LogP contribution in [-0.4, -0.2) is 20.5 Å². The van der Waals surface area contributed by atoms with Crippen molar-refractivity contribution in [1.29, 1.82) is 0 Å². The van der Waals surface area contributed by atoms with Crippen molar-refractivity contribution in [2.45, 2.75) is 6.92 Å². The smallest absolute Gasteiger partial charge is 0.277 e. The average Bonchev–Trinajstić information content (AvgIpc) is 3.22. The summed E-state index contributed by atoms with van der Waals surface area (Å²) in [5, 5.41) is 9.58. The van der Waals surface area contributed by atoms with E-state index in [9.17, 15) is 4.79 Å². The van der Waals surface area contributed by atoms with Crippen LogP contribution in [0, 0.1) is 6.92 Å². The maximum Gasteiger partial charge on any atom is 0.277 e. The van der Waals surface area contributed by atoms with Gasteiger partial charge < -0.3 is 0 Å². The lowest BCUT2D eigenvalue weighted by Gasteiger charge is -1.98. The van der Waals surface area contributed by atoms with Crippen molar-refractivity contribution in [3.05, 3.63) is 71.4 Å². The van der Waals surface area contributed by atoms with Crippen molar-refractivity contribution in [3.8, 4) is 11.3 Å². The van der Waals surface area contributed by atoms with E-state index in [1.165, 1.54) is 16.9 Å². The lowest BCUT2D eigenvalue weighted by Crippen LogP contribution is -2.12. The highest BCUT2D eigenvalue weighted by molar-refractivity contribution is 7.14. The second-order valence-electron chi connectivity index (χ2n) is 5.46. The van der Waals surface area contributed by atoms with Gasteiger partial charge >= 0.3 is 0 Å². The Bertz CT molecular complexity index is 984. The molecule has 1 amide bonds. The number of rotatable bonds is 3. The second-order valence-corrected chi connectivity index (χ2v) is 6.32. The number of anilines is 1. The van der Waals surface area contributed by atoms with E-state index in [4.69, 9.17) is 0 Å². The van der Waals surface area contributed by atoms with Crippen LogP contribution in [-0.2, 0) is 0 Å². The molecule has 0 atom stereocenters. The Morgan fingerprint density at radius 2 is 2.00 bits per heavy atom. The van der Waals surface area contributed by atoms with E-state index in [1.807, 2.05) is 61.0 Å². The molecule has 24 heavy (non-hydrogen) atoms. The minimum atomic E-state index is -0.261. The van der Waals surface area contributed by atoms with Crippen molar-refractivity contribution < 1.29 is 4.79 Å². The SMILES string of the molecule is Cc1ccc(-c2csc(NC(=O)c3cc4ccccn4n3)n2)cc1. The molecule has 0 unspecified atom stereocenters. The Kier molecular flexibility index (Phi) is 3.59. The summed E-state index contributed by atoms with van der Waals surface area (Å²) in [6.07, 6.45) is 1.81. The fourth-order valence-electron chi connectivity index (χ4n) is 2.40. The van der Waals surface area contributed by atoms with Crippen LogP contribution in [0.4, 0.5) is 5.13 Å². The molecule has 3 aromatic heterocycles. The van der Waals surface area contributed by atoms with Crippen molar-refractivity contribution in [1.82, 2.24) is 14.6 Å². The fraction of sp³-hybridized carbons (Fsp3) is 0.0556. The summed E-state index contributed by atoms with van der Waals surface area (Å²) in [7, 11) is 0. The molecule has 0 bridgehead atoms. The van der Waals surface area contributed by atoms with Gasteiger partial charge in [-0.1, -0.05) is 35.9 Å². The van der Waals surface area contributed by atoms with Crippen LogP contribution in [0.15, 0.2) is 60.1 Å². The van der Waals surface area contributed by atoms with Crippen molar-refractivity contribution in [3.63, 3.8) is 0 Å². The van der Waals surface area contributed by atoms with Gasteiger partial charge in [-0.25, -0.2) is 9.50 Å². The van der Waals surface area contributed by atoms with Gasteiger partial charge in [0.15, 0.2) is 10.8 Å². The number of hydrogen-bond acceptors (Lipinski definition) is 4. The molecule has 6 heteroatoms. The number of aromatic nitrogens is 3. The number of nitrogens with one attached hydrogen (secondary N) is 1. The quantitative estimate of drug-likeness (QED) is 0.615. The molecule has 1 N–H and O–H groups in total. The summed E-state index contributed by atoms with van der Waals surface area (Å²) in [5.74, 6) is -0.261. The van der Waals surface area contributed by atoms with E-state index in [2.05, 4.69) is 15.4 Å². The Labute approximate surface area is 142 Å². The van der Waals surface area contributed by atoms with E-state index in [0.29, 0.717) is 10.8 Å². The Morgan fingerprint density at radius 1 is 1.17 bits per heavy atom. The van der Waals surface area contributed by atoms with Gasteiger partial charge in [-0.15, -0.1) is 11.3 Å². The number of hydrogen-bond donors (Lipinski definition) is 1. The Hall–Kier alpha value is -2.99. The molecule has 0 fully saturated rings. The summed E-state index contributed by atoms with van der Waals surface area (Å²) in [6, 6.07) is 15.6. The van der Waals surface area contributed by atoms with Gasteiger partial charge in [-0.2, -0.15) is 5.10 Å². The number of amides is 1. The van der Waals surface area contributed by atoms with Gasteiger partial charge in [0, 0.05) is 17.1 Å². The number of carbonyl (C=O) groups is 1. The van der Waals surface area contributed by atoms with Crippen molar-refractivity contribution >= 4 is 27.9 Å². The zero-order valence-corrected chi connectivity index (χ0v) is 13.7. The summed E-state index contributed by atoms with van der Waals surface area (Å²) < 4.78 is 1.68. The van der Waals surface area contributed by atoms with Crippen LogP contribution in [0.3, 0.4) is 0 Å². The monoisotopic (exact) mass is 334 g/mol. The third kappa shape index (κ3) is 2.79.